The number of nitrogens with two attached hydrogens (primary N) is 1. The average molecular weight is 479 g/mol. The molecule has 4 aromatic carbocycles. The number of carboxylic acids is 1. The lowest BCUT2D eigenvalue weighted by Gasteiger charge is -2.23. The second kappa shape index (κ2) is 9.15. The molecule has 36 heavy (non-hydrogen) atoms. The zero-order valence-electron chi connectivity index (χ0n) is 19.7. The van der Waals surface area contributed by atoms with E-state index in [1.54, 1.807) is 0 Å². The summed E-state index contributed by atoms with van der Waals surface area (Å²) >= 11 is 0. The third-order valence-electron chi connectivity index (χ3n) is 6.83. The summed E-state index contributed by atoms with van der Waals surface area (Å²) in [7, 11) is 0. The molecular weight excluding hydrogens is 452 g/mol. The molecule has 0 fully saturated rings. The monoisotopic (exact) mass is 478 g/mol. The molecule has 0 aliphatic heterocycles. The normalized spacial score (nSPS) is 12.8. The number of furan rings is 2. The van der Waals surface area contributed by atoms with Gasteiger partial charge in [0.15, 0.2) is 0 Å². The van der Waals surface area contributed by atoms with E-state index >= 15 is 0 Å². The number of fused-ring (bicyclic) bond motifs is 6. The quantitative estimate of drug-likeness (QED) is 0.267. The maximum Gasteiger partial charge on any atom is 0.320 e. The number of para-hydroxylation sites is 4. The Morgan fingerprint density at radius 1 is 0.722 bits per heavy atom. The third kappa shape index (κ3) is 4.00. The van der Waals surface area contributed by atoms with Gasteiger partial charge in [0.1, 0.15) is 28.4 Å². The van der Waals surface area contributed by atoms with Gasteiger partial charge in [-0.2, -0.15) is 0 Å². The van der Waals surface area contributed by atoms with E-state index < -0.39 is 12.0 Å². The second-order valence-electron chi connectivity index (χ2n) is 9.23. The van der Waals surface area contributed by atoms with E-state index in [4.69, 9.17) is 14.6 Å². The molecule has 0 aliphatic carbocycles. The molecule has 0 bridgehead atoms. The van der Waals surface area contributed by atoms with Crippen LogP contribution in [-0.2, 0) is 17.9 Å². The van der Waals surface area contributed by atoms with Gasteiger partial charge >= 0.3 is 5.97 Å². The molecule has 0 saturated heterocycles. The van der Waals surface area contributed by atoms with Crippen LogP contribution in [0.5, 0.6) is 0 Å². The Hall–Kier alpha value is -4.13. The highest BCUT2D eigenvalue weighted by Gasteiger charge is 2.19. The summed E-state index contributed by atoms with van der Waals surface area (Å²) in [6.07, 6.45) is 0.335. The maximum atomic E-state index is 11.4. The van der Waals surface area contributed by atoms with E-state index in [1.165, 1.54) is 0 Å². The van der Waals surface area contributed by atoms with Crippen molar-refractivity contribution in [1.82, 2.24) is 4.90 Å². The molecule has 6 heteroatoms. The van der Waals surface area contributed by atoms with Crippen LogP contribution in [0.3, 0.4) is 0 Å². The minimum Gasteiger partial charge on any atom is -0.480 e. The van der Waals surface area contributed by atoms with E-state index in [-0.39, 0.29) is 0 Å². The highest BCUT2D eigenvalue weighted by atomic mass is 16.4. The Kier molecular flexibility index (Phi) is 5.68. The van der Waals surface area contributed by atoms with E-state index in [0.717, 1.165) is 55.0 Å². The third-order valence-corrected chi connectivity index (χ3v) is 6.83. The molecule has 2 aromatic heterocycles. The van der Waals surface area contributed by atoms with Crippen molar-refractivity contribution >= 4 is 49.8 Å². The minimum atomic E-state index is -0.992. The lowest BCUT2D eigenvalue weighted by Crippen LogP contribution is -2.35. The summed E-state index contributed by atoms with van der Waals surface area (Å²) in [4.78, 5) is 13.6. The van der Waals surface area contributed by atoms with Gasteiger partial charge in [-0.05, 0) is 18.6 Å². The van der Waals surface area contributed by atoms with Gasteiger partial charge in [-0.1, -0.05) is 72.8 Å². The summed E-state index contributed by atoms with van der Waals surface area (Å²) in [6.45, 7) is 1.68. The molecule has 2 heterocycles. The van der Waals surface area contributed by atoms with Gasteiger partial charge in [0.05, 0.1) is 0 Å². The van der Waals surface area contributed by atoms with Crippen LogP contribution in [-0.4, -0.2) is 28.6 Å². The molecule has 0 spiro atoms. The van der Waals surface area contributed by atoms with Crippen molar-refractivity contribution in [3.8, 4) is 0 Å². The van der Waals surface area contributed by atoms with Crippen LogP contribution in [0.2, 0.25) is 0 Å². The Morgan fingerprint density at radius 2 is 1.19 bits per heavy atom. The number of carbonyl (C=O) groups is 1. The van der Waals surface area contributed by atoms with E-state index in [1.807, 2.05) is 48.5 Å². The number of hydrogen-bond acceptors (Lipinski definition) is 5. The summed E-state index contributed by atoms with van der Waals surface area (Å²) < 4.78 is 12.5. The fourth-order valence-electron chi connectivity index (χ4n) is 5.00. The van der Waals surface area contributed by atoms with Crippen molar-refractivity contribution < 1.29 is 18.7 Å². The number of aliphatic carboxylic acids is 1. The summed E-state index contributed by atoms with van der Waals surface area (Å²) in [5, 5.41) is 13.7. The largest absolute Gasteiger partial charge is 0.480 e. The van der Waals surface area contributed by atoms with Crippen LogP contribution >= 0.6 is 0 Å². The van der Waals surface area contributed by atoms with Crippen LogP contribution in [0, 0.1) is 0 Å². The number of rotatable bonds is 8. The topological polar surface area (TPSA) is 92.8 Å². The van der Waals surface area contributed by atoms with E-state index in [2.05, 4.69) is 41.3 Å². The number of carboxylic acid groups (broad SMARTS) is 1. The van der Waals surface area contributed by atoms with Crippen LogP contribution in [0.15, 0.2) is 93.8 Å². The van der Waals surface area contributed by atoms with Crippen molar-refractivity contribution in [2.24, 2.45) is 5.73 Å². The van der Waals surface area contributed by atoms with Gasteiger partial charge in [-0.15, -0.1) is 0 Å². The van der Waals surface area contributed by atoms with Gasteiger partial charge in [-0.3, -0.25) is 9.69 Å². The maximum absolute atomic E-state index is 11.4. The molecular formula is C30H26N2O4. The highest BCUT2D eigenvalue weighted by Crippen LogP contribution is 2.33. The van der Waals surface area contributed by atoms with Crippen molar-refractivity contribution in [2.75, 3.05) is 6.54 Å². The first-order valence-corrected chi connectivity index (χ1v) is 12.1. The summed E-state index contributed by atoms with van der Waals surface area (Å²) in [5.74, 6) is -0.992. The molecule has 6 nitrogen and oxygen atoms in total. The Balaban J connectivity index is 1.38. The summed E-state index contributed by atoms with van der Waals surface area (Å²) in [5.41, 5.74) is 11.4. The predicted octanol–water partition coefficient (Wildman–Crippen LogP) is 6.29. The molecule has 0 radical (unpaired) electrons. The van der Waals surface area contributed by atoms with Gasteiger partial charge < -0.3 is 19.7 Å². The predicted molar refractivity (Wildman–Crippen MR) is 142 cm³/mol. The highest BCUT2D eigenvalue weighted by molar-refractivity contribution is 6.06. The molecule has 6 aromatic rings. The fraction of sp³-hybridized carbons (Fsp3) is 0.167. The van der Waals surface area contributed by atoms with E-state index in [0.29, 0.717) is 26.1 Å². The summed E-state index contributed by atoms with van der Waals surface area (Å²) in [6, 6.07) is 27.5. The lowest BCUT2D eigenvalue weighted by atomic mass is 10.1. The van der Waals surface area contributed by atoms with Gasteiger partial charge in [0.2, 0.25) is 0 Å². The molecule has 0 saturated carbocycles. The number of nitrogens with zero attached hydrogens (tertiary/aromatic N) is 1. The second-order valence-corrected chi connectivity index (χ2v) is 9.23. The Bertz CT molecular complexity index is 1600. The molecule has 3 N–H and O–H groups in total. The standard InChI is InChI=1S/C30H26N2O4/c31-25(30(33)34)15-16-32(17-19-7-5-11-23-21-9-1-3-13-26(21)35-28(19)23)18-20-8-6-12-24-22-10-2-4-14-27(22)36-29(20)24/h1-14,25H,15-18,31H2,(H,33,34). The average Bonchev–Trinajstić information content (AvgIpc) is 3.47. The fourth-order valence-corrected chi connectivity index (χ4v) is 5.00. The van der Waals surface area contributed by atoms with Crippen LogP contribution in [0.25, 0.3) is 43.9 Å². The van der Waals surface area contributed by atoms with Crippen molar-refractivity contribution in [2.45, 2.75) is 25.6 Å². The van der Waals surface area contributed by atoms with Crippen molar-refractivity contribution in [3.63, 3.8) is 0 Å². The zero-order valence-corrected chi connectivity index (χ0v) is 19.7. The molecule has 1 unspecified atom stereocenters. The first-order valence-electron chi connectivity index (χ1n) is 12.1. The molecule has 6 rings (SSSR count). The van der Waals surface area contributed by atoms with Crippen LogP contribution < -0.4 is 5.73 Å². The first-order chi connectivity index (χ1) is 17.6. The number of hydrogen-bond donors (Lipinski definition) is 2. The molecule has 0 aliphatic rings. The van der Waals surface area contributed by atoms with Crippen LogP contribution in [0.4, 0.5) is 0 Å². The minimum absolute atomic E-state index is 0.335. The Morgan fingerprint density at radius 3 is 1.69 bits per heavy atom. The van der Waals surface area contributed by atoms with Gasteiger partial charge in [0.25, 0.3) is 0 Å². The van der Waals surface area contributed by atoms with Crippen molar-refractivity contribution in [1.29, 1.82) is 0 Å². The van der Waals surface area contributed by atoms with Gasteiger partial charge in [-0.25, -0.2) is 0 Å². The van der Waals surface area contributed by atoms with Crippen molar-refractivity contribution in [3.05, 3.63) is 96.1 Å². The van der Waals surface area contributed by atoms with E-state index in [9.17, 15) is 9.90 Å². The first kappa shape index (κ1) is 22.3. The molecule has 0 amide bonds. The smallest absolute Gasteiger partial charge is 0.320 e. The zero-order chi connectivity index (χ0) is 24.6. The Labute approximate surface area is 207 Å². The molecule has 180 valence electrons. The van der Waals surface area contributed by atoms with Gasteiger partial charge in [0, 0.05) is 52.3 Å². The SMILES string of the molecule is NC(CCN(Cc1cccc2c1oc1ccccc12)Cc1cccc2c1oc1ccccc12)C(=O)O. The van der Waals surface area contributed by atoms with Crippen LogP contribution in [0.1, 0.15) is 17.5 Å². The number of benzene rings is 4. The lowest BCUT2D eigenvalue weighted by molar-refractivity contribution is -0.138. The molecule has 1 atom stereocenters.